The minimum absolute atomic E-state index is 0.0755. The number of hydrogen-bond donors (Lipinski definition) is 1. The number of nitrogens with two attached hydrogens (primary N) is 1. The second kappa shape index (κ2) is 5.70. The smallest absolute Gasteiger partial charge is 0.128 e. The van der Waals surface area contributed by atoms with Gasteiger partial charge in [0.1, 0.15) is 5.82 Å². The average Bonchev–Trinajstić information content (AvgIpc) is 2.39. The van der Waals surface area contributed by atoms with E-state index < -0.39 is 0 Å². The third-order valence-electron chi connectivity index (χ3n) is 4.19. The fourth-order valence-corrected chi connectivity index (χ4v) is 2.73. The highest BCUT2D eigenvalue weighted by Crippen LogP contribution is 2.29. The van der Waals surface area contributed by atoms with Crippen LogP contribution < -0.4 is 10.6 Å². The summed E-state index contributed by atoms with van der Waals surface area (Å²) >= 11 is 0. The Morgan fingerprint density at radius 1 is 1.33 bits per heavy atom. The number of nitrogens with zero attached hydrogens (tertiary/aromatic N) is 2. The van der Waals surface area contributed by atoms with E-state index in [-0.39, 0.29) is 6.04 Å². The maximum atomic E-state index is 5.93. The molecule has 1 atom stereocenters. The van der Waals surface area contributed by atoms with E-state index in [9.17, 15) is 0 Å². The van der Waals surface area contributed by atoms with E-state index in [1.54, 1.807) is 0 Å². The van der Waals surface area contributed by atoms with Gasteiger partial charge in [-0.2, -0.15) is 0 Å². The van der Waals surface area contributed by atoms with Crippen molar-refractivity contribution in [1.29, 1.82) is 0 Å². The molecule has 1 heterocycles. The van der Waals surface area contributed by atoms with Crippen LogP contribution in [0.1, 0.15) is 51.1 Å². The molecule has 1 aliphatic carbocycles. The van der Waals surface area contributed by atoms with Gasteiger partial charge in [0.15, 0.2) is 0 Å². The number of pyridine rings is 1. The van der Waals surface area contributed by atoms with E-state index in [0.29, 0.717) is 6.04 Å². The normalized spacial score (nSPS) is 25.8. The quantitative estimate of drug-likeness (QED) is 0.892. The van der Waals surface area contributed by atoms with Crippen LogP contribution in [0.25, 0.3) is 0 Å². The molecule has 1 saturated carbocycles. The highest BCUT2D eigenvalue weighted by molar-refractivity contribution is 5.42. The molecule has 1 fully saturated rings. The van der Waals surface area contributed by atoms with Crippen LogP contribution in [0, 0.1) is 5.92 Å². The first kappa shape index (κ1) is 13.3. The molecule has 0 unspecified atom stereocenters. The molecule has 1 aromatic heterocycles. The molecular formula is C15H25N3. The van der Waals surface area contributed by atoms with Crippen LogP contribution in [0.4, 0.5) is 5.82 Å². The Bertz CT molecular complexity index is 381. The van der Waals surface area contributed by atoms with E-state index in [0.717, 1.165) is 17.3 Å². The first-order valence-electron chi connectivity index (χ1n) is 7.02. The van der Waals surface area contributed by atoms with Crippen molar-refractivity contribution in [2.45, 2.75) is 51.6 Å². The van der Waals surface area contributed by atoms with Crippen LogP contribution in [0.2, 0.25) is 0 Å². The van der Waals surface area contributed by atoms with Crippen LogP contribution in [-0.4, -0.2) is 18.1 Å². The molecule has 0 bridgehead atoms. The zero-order valence-electron chi connectivity index (χ0n) is 11.8. The topological polar surface area (TPSA) is 42.1 Å². The third-order valence-corrected chi connectivity index (χ3v) is 4.19. The minimum Gasteiger partial charge on any atom is -0.357 e. The fraction of sp³-hybridized carbons (Fsp3) is 0.667. The Balaban J connectivity index is 2.08. The predicted octanol–water partition coefficient (Wildman–Crippen LogP) is 3.12. The van der Waals surface area contributed by atoms with Crippen molar-refractivity contribution in [2.75, 3.05) is 11.9 Å². The SMILES string of the molecule is CC1CCC(N(C)c2cc([C@H](C)N)ccn2)CC1. The molecule has 1 aliphatic rings. The lowest BCUT2D eigenvalue weighted by Gasteiger charge is -2.34. The molecule has 0 amide bonds. The Hall–Kier alpha value is -1.09. The third kappa shape index (κ3) is 3.02. The lowest BCUT2D eigenvalue weighted by atomic mass is 9.87. The van der Waals surface area contributed by atoms with E-state index >= 15 is 0 Å². The van der Waals surface area contributed by atoms with Gasteiger partial charge in [-0.1, -0.05) is 6.92 Å². The maximum Gasteiger partial charge on any atom is 0.128 e. The zero-order chi connectivity index (χ0) is 13.1. The molecule has 2 rings (SSSR count). The largest absolute Gasteiger partial charge is 0.357 e. The summed E-state index contributed by atoms with van der Waals surface area (Å²) in [6.45, 7) is 4.37. The molecule has 0 radical (unpaired) electrons. The summed E-state index contributed by atoms with van der Waals surface area (Å²) in [5.74, 6) is 1.95. The van der Waals surface area contributed by atoms with Gasteiger partial charge in [-0.3, -0.25) is 0 Å². The van der Waals surface area contributed by atoms with Crippen LogP contribution in [0.3, 0.4) is 0 Å². The van der Waals surface area contributed by atoms with Gasteiger partial charge >= 0.3 is 0 Å². The summed E-state index contributed by atoms with van der Waals surface area (Å²) in [7, 11) is 2.16. The van der Waals surface area contributed by atoms with Crippen molar-refractivity contribution in [1.82, 2.24) is 4.98 Å². The molecule has 18 heavy (non-hydrogen) atoms. The molecular weight excluding hydrogens is 222 g/mol. The molecule has 2 N–H and O–H groups in total. The van der Waals surface area contributed by atoms with E-state index in [1.165, 1.54) is 25.7 Å². The summed E-state index contributed by atoms with van der Waals surface area (Å²) in [6, 6.07) is 4.84. The Morgan fingerprint density at radius 2 is 2.00 bits per heavy atom. The Labute approximate surface area is 110 Å². The predicted molar refractivity (Wildman–Crippen MR) is 76.7 cm³/mol. The van der Waals surface area contributed by atoms with Crippen molar-refractivity contribution in [3.8, 4) is 0 Å². The van der Waals surface area contributed by atoms with Gasteiger partial charge in [0, 0.05) is 25.3 Å². The second-order valence-electron chi connectivity index (χ2n) is 5.76. The van der Waals surface area contributed by atoms with Crippen molar-refractivity contribution < 1.29 is 0 Å². The first-order chi connectivity index (χ1) is 8.58. The summed E-state index contributed by atoms with van der Waals surface area (Å²) < 4.78 is 0. The van der Waals surface area contributed by atoms with Crippen molar-refractivity contribution in [3.63, 3.8) is 0 Å². The molecule has 0 aromatic carbocycles. The number of rotatable bonds is 3. The van der Waals surface area contributed by atoms with Crippen molar-refractivity contribution in [2.24, 2.45) is 11.7 Å². The molecule has 0 saturated heterocycles. The van der Waals surface area contributed by atoms with Crippen LogP contribution in [0.15, 0.2) is 18.3 Å². The van der Waals surface area contributed by atoms with Gasteiger partial charge in [0.25, 0.3) is 0 Å². The maximum absolute atomic E-state index is 5.93. The second-order valence-corrected chi connectivity index (χ2v) is 5.76. The Kier molecular flexibility index (Phi) is 4.23. The van der Waals surface area contributed by atoms with Gasteiger partial charge in [0.2, 0.25) is 0 Å². The van der Waals surface area contributed by atoms with Gasteiger partial charge in [-0.15, -0.1) is 0 Å². The van der Waals surface area contributed by atoms with E-state index in [1.807, 2.05) is 19.2 Å². The number of aromatic nitrogens is 1. The lowest BCUT2D eigenvalue weighted by molar-refractivity contribution is 0.340. The van der Waals surface area contributed by atoms with Crippen molar-refractivity contribution in [3.05, 3.63) is 23.9 Å². The molecule has 0 aliphatic heterocycles. The van der Waals surface area contributed by atoms with Gasteiger partial charge in [-0.25, -0.2) is 4.98 Å². The highest BCUT2D eigenvalue weighted by Gasteiger charge is 2.22. The van der Waals surface area contributed by atoms with Crippen LogP contribution >= 0.6 is 0 Å². The van der Waals surface area contributed by atoms with E-state index in [4.69, 9.17) is 5.73 Å². The summed E-state index contributed by atoms with van der Waals surface area (Å²) in [5.41, 5.74) is 7.10. The number of anilines is 1. The molecule has 3 nitrogen and oxygen atoms in total. The minimum atomic E-state index is 0.0755. The monoisotopic (exact) mass is 247 g/mol. The van der Waals surface area contributed by atoms with Gasteiger partial charge in [0.05, 0.1) is 0 Å². The van der Waals surface area contributed by atoms with E-state index in [2.05, 4.69) is 29.9 Å². The average molecular weight is 247 g/mol. The fourth-order valence-electron chi connectivity index (χ4n) is 2.73. The molecule has 1 aromatic rings. The summed E-state index contributed by atoms with van der Waals surface area (Å²) in [5, 5.41) is 0. The molecule has 0 spiro atoms. The van der Waals surface area contributed by atoms with Crippen molar-refractivity contribution >= 4 is 5.82 Å². The number of hydrogen-bond acceptors (Lipinski definition) is 3. The summed E-state index contributed by atoms with van der Waals surface area (Å²) in [4.78, 5) is 6.82. The summed E-state index contributed by atoms with van der Waals surface area (Å²) in [6.07, 6.45) is 7.10. The molecule has 100 valence electrons. The standard InChI is InChI=1S/C15H25N3/c1-11-4-6-14(7-5-11)18(3)15-10-13(12(2)16)8-9-17-15/h8-12,14H,4-7,16H2,1-3H3/t11?,12-,14?/m0/s1. The van der Waals surface area contributed by atoms with Crippen LogP contribution in [0.5, 0.6) is 0 Å². The van der Waals surface area contributed by atoms with Gasteiger partial charge in [-0.05, 0) is 56.2 Å². The molecule has 3 heteroatoms. The first-order valence-corrected chi connectivity index (χ1v) is 7.02. The lowest BCUT2D eigenvalue weighted by Crippen LogP contribution is -2.35. The Morgan fingerprint density at radius 3 is 2.61 bits per heavy atom. The van der Waals surface area contributed by atoms with Gasteiger partial charge < -0.3 is 10.6 Å². The highest BCUT2D eigenvalue weighted by atomic mass is 15.2. The zero-order valence-corrected chi connectivity index (χ0v) is 11.8. The van der Waals surface area contributed by atoms with Crippen LogP contribution in [-0.2, 0) is 0 Å².